The Bertz CT molecular complexity index is 864. The standard InChI is InChI=1S/C18H17ClFN5O/c19-13-3-7-15(8-4-13)21-11-17-23-16(24-25-17)9-18(26)22-10-12-1-5-14(20)6-2-12/h1-8,21H,9-11H2,(H,22,26)(H,23,24,25). The smallest absolute Gasteiger partial charge is 0.228 e. The third kappa shape index (κ3) is 5.29. The van der Waals surface area contributed by atoms with Crippen molar-refractivity contribution < 1.29 is 9.18 Å². The monoisotopic (exact) mass is 373 g/mol. The third-order valence-corrected chi connectivity index (χ3v) is 3.86. The SMILES string of the molecule is O=C(Cc1n[nH]c(CNc2ccc(Cl)cc2)n1)NCc1ccc(F)cc1. The average Bonchev–Trinajstić information content (AvgIpc) is 3.08. The number of rotatable bonds is 7. The van der Waals surface area contributed by atoms with Gasteiger partial charge in [-0.15, -0.1) is 0 Å². The van der Waals surface area contributed by atoms with Gasteiger partial charge < -0.3 is 10.6 Å². The van der Waals surface area contributed by atoms with Crippen LogP contribution in [-0.2, 0) is 24.3 Å². The summed E-state index contributed by atoms with van der Waals surface area (Å²) in [6, 6.07) is 13.3. The molecule has 3 rings (SSSR count). The molecule has 3 aromatic rings. The van der Waals surface area contributed by atoms with Crippen LogP contribution in [0.2, 0.25) is 5.02 Å². The van der Waals surface area contributed by atoms with Gasteiger partial charge in [0.15, 0.2) is 5.82 Å². The number of hydrogen-bond acceptors (Lipinski definition) is 4. The lowest BCUT2D eigenvalue weighted by Crippen LogP contribution is -2.25. The van der Waals surface area contributed by atoms with Gasteiger partial charge in [0, 0.05) is 17.3 Å². The van der Waals surface area contributed by atoms with Gasteiger partial charge in [-0.1, -0.05) is 23.7 Å². The fraction of sp³-hybridized carbons (Fsp3) is 0.167. The van der Waals surface area contributed by atoms with Crippen LogP contribution in [0.15, 0.2) is 48.5 Å². The van der Waals surface area contributed by atoms with E-state index in [1.807, 2.05) is 12.1 Å². The molecule has 0 atom stereocenters. The number of nitrogens with zero attached hydrogens (tertiary/aromatic N) is 2. The number of H-pyrrole nitrogens is 1. The minimum atomic E-state index is -0.305. The van der Waals surface area contributed by atoms with Gasteiger partial charge in [-0.05, 0) is 42.0 Å². The highest BCUT2D eigenvalue weighted by atomic mass is 35.5. The largest absolute Gasteiger partial charge is 0.378 e. The normalized spacial score (nSPS) is 10.5. The van der Waals surface area contributed by atoms with Gasteiger partial charge in [0.05, 0.1) is 13.0 Å². The Balaban J connectivity index is 1.45. The summed E-state index contributed by atoms with van der Waals surface area (Å²) in [6.07, 6.45) is 0.0681. The second kappa shape index (κ2) is 8.44. The number of carbonyl (C=O) groups excluding carboxylic acids is 1. The van der Waals surface area contributed by atoms with Gasteiger partial charge in [-0.2, -0.15) is 5.10 Å². The van der Waals surface area contributed by atoms with Crippen LogP contribution in [0, 0.1) is 5.82 Å². The van der Waals surface area contributed by atoms with Crippen LogP contribution >= 0.6 is 11.6 Å². The number of amides is 1. The molecule has 0 saturated heterocycles. The zero-order chi connectivity index (χ0) is 18.4. The first-order valence-electron chi connectivity index (χ1n) is 7.99. The Labute approximate surface area is 154 Å². The van der Waals surface area contributed by atoms with Crippen LogP contribution in [0.3, 0.4) is 0 Å². The van der Waals surface area contributed by atoms with E-state index in [0.29, 0.717) is 29.8 Å². The van der Waals surface area contributed by atoms with E-state index in [1.54, 1.807) is 24.3 Å². The number of carbonyl (C=O) groups is 1. The molecule has 0 unspecified atom stereocenters. The summed E-state index contributed by atoms with van der Waals surface area (Å²) in [5.41, 5.74) is 1.73. The van der Waals surface area contributed by atoms with E-state index in [9.17, 15) is 9.18 Å². The van der Waals surface area contributed by atoms with E-state index >= 15 is 0 Å². The van der Waals surface area contributed by atoms with Crippen molar-refractivity contribution in [1.29, 1.82) is 0 Å². The third-order valence-electron chi connectivity index (χ3n) is 3.60. The number of halogens is 2. The molecule has 134 valence electrons. The number of nitrogens with one attached hydrogen (secondary N) is 3. The number of anilines is 1. The number of benzene rings is 2. The topological polar surface area (TPSA) is 82.7 Å². The van der Waals surface area contributed by atoms with Crippen molar-refractivity contribution in [2.75, 3.05) is 5.32 Å². The van der Waals surface area contributed by atoms with Crippen molar-refractivity contribution in [3.63, 3.8) is 0 Å². The molecule has 8 heteroatoms. The maximum absolute atomic E-state index is 12.8. The van der Waals surface area contributed by atoms with E-state index in [1.165, 1.54) is 12.1 Å². The summed E-state index contributed by atoms with van der Waals surface area (Å²) in [4.78, 5) is 16.2. The number of aromatic nitrogens is 3. The Morgan fingerprint density at radius 2 is 1.81 bits per heavy atom. The molecule has 1 amide bonds. The molecule has 26 heavy (non-hydrogen) atoms. The van der Waals surface area contributed by atoms with E-state index in [4.69, 9.17) is 11.6 Å². The first-order chi connectivity index (χ1) is 12.6. The van der Waals surface area contributed by atoms with Gasteiger partial charge in [0.2, 0.25) is 5.91 Å². The van der Waals surface area contributed by atoms with E-state index < -0.39 is 0 Å². The molecule has 0 aliphatic rings. The van der Waals surface area contributed by atoms with Crippen LogP contribution in [-0.4, -0.2) is 21.1 Å². The highest BCUT2D eigenvalue weighted by Crippen LogP contribution is 2.13. The molecule has 0 aliphatic heterocycles. The summed E-state index contributed by atoms with van der Waals surface area (Å²) in [6.45, 7) is 0.778. The molecule has 0 fully saturated rings. The van der Waals surface area contributed by atoms with Gasteiger partial charge >= 0.3 is 0 Å². The molecule has 0 radical (unpaired) electrons. The molecule has 1 aromatic heterocycles. The summed E-state index contributed by atoms with van der Waals surface area (Å²) in [5, 5.41) is 13.5. The second-order valence-electron chi connectivity index (χ2n) is 5.64. The quantitative estimate of drug-likeness (QED) is 0.594. The zero-order valence-corrected chi connectivity index (χ0v) is 14.6. The van der Waals surface area contributed by atoms with Gasteiger partial charge in [0.25, 0.3) is 0 Å². The Hall–Kier alpha value is -2.93. The van der Waals surface area contributed by atoms with Crippen molar-refractivity contribution in [3.8, 4) is 0 Å². The molecule has 3 N–H and O–H groups in total. The Morgan fingerprint density at radius 3 is 2.54 bits per heavy atom. The molecule has 0 bridgehead atoms. The van der Waals surface area contributed by atoms with E-state index in [2.05, 4.69) is 25.8 Å². The molecule has 2 aromatic carbocycles. The Morgan fingerprint density at radius 1 is 1.08 bits per heavy atom. The van der Waals surface area contributed by atoms with Crippen molar-refractivity contribution in [2.24, 2.45) is 0 Å². The first kappa shape index (κ1) is 17.9. The van der Waals surface area contributed by atoms with E-state index in [-0.39, 0.29) is 18.1 Å². The highest BCUT2D eigenvalue weighted by Gasteiger charge is 2.09. The fourth-order valence-corrected chi connectivity index (χ4v) is 2.38. The van der Waals surface area contributed by atoms with Crippen LogP contribution in [0.25, 0.3) is 0 Å². The minimum absolute atomic E-state index is 0.0681. The van der Waals surface area contributed by atoms with Crippen molar-refractivity contribution in [2.45, 2.75) is 19.5 Å². The maximum atomic E-state index is 12.8. The first-order valence-corrected chi connectivity index (χ1v) is 8.37. The van der Waals surface area contributed by atoms with Gasteiger partial charge in [0.1, 0.15) is 11.6 Å². The highest BCUT2D eigenvalue weighted by molar-refractivity contribution is 6.30. The molecule has 0 spiro atoms. The summed E-state index contributed by atoms with van der Waals surface area (Å²) < 4.78 is 12.8. The lowest BCUT2D eigenvalue weighted by molar-refractivity contribution is -0.120. The molecule has 0 aliphatic carbocycles. The lowest BCUT2D eigenvalue weighted by Gasteiger charge is -2.04. The minimum Gasteiger partial charge on any atom is -0.378 e. The molecular formula is C18H17ClFN5O. The molecule has 1 heterocycles. The van der Waals surface area contributed by atoms with Crippen molar-refractivity contribution in [1.82, 2.24) is 20.5 Å². The zero-order valence-electron chi connectivity index (χ0n) is 13.8. The summed E-state index contributed by atoms with van der Waals surface area (Å²) in [5.74, 6) is 0.530. The molecular weight excluding hydrogens is 357 g/mol. The molecule has 0 saturated carbocycles. The van der Waals surface area contributed by atoms with E-state index in [0.717, 1.165) is 11.3 Å². The van der Waals surface area contributed by atoms with Crippen LogP contribution in [0.4, 0.5) is 10.1 Å². The van der Waals surface area contributed by atoms with Gasteiger partial charge in [-0.25, -0.2) is 9.37 Å². The Kier molecular flexibility index (Phi) is 5.80. The van der Waals surface area contributed by atoms with Crippen molar-refractivity contribution >= 4 is 23.2 Å². The molecule has 6 nitrogen and oxygen atoms in total. The lowest BCUT2D eigenvalue weighted by atomic mass is 10.2. The summed E-state index contributed by atoms with van der Waals surface area (Å²) in [7, 11) is 0. The number of aromatic amines is 1. The predicted molar refractivity (Wildman–Crippen MR) is 97.1 cm³/mol. The van der Waals surface area contributed by atoms with Crippen molar-refractivity contribution in [3.05, 3.63) is 76.6 Å². The van der Waals surface area contributed by atoms with Gasteiger partial charge in [-0.3, -0.25) is 9.89 Å². The second-order valence-corrected chi connectivity index (χ2v) is 6.08. The summed E-state index contributed by atoms with van der Waals surface area (Å²) >= 11 is 5.84. The number of hydrogen-bond donors (Lipinski definition) is 3. The average molecular weight is 374 g/mol. The van der Waals surface area contributed by atoms with Crippen LogP contribution in [0.5, 0.6) is 0 Å². The maximum Gasteiger partial charge on any atom is 0.228 e. The predicted octanol–water partition coefficient (Wildman–Crippen LogP) is 3.07. The fourth-order valence-electron chi connectivity index (χ4n) is 2.26. The van der Waals surface area contributed by atoms with Crippen LogP contribution < -0.4 is 10.6 Å². The van der Waals surface area contributed by atoms with Crippen LogP contribution in [0.1, 0.15) is 17.2 Å².